The van der Waals surface area contributed by atoms with E-state index in [1.807, 2.05) is 0 Å². The lowest BCUT2D eigenvalue weighted by Gasteiger charge is -2.06. The molecule has 1 N–H and O–H groups in total. The summed E-state index contributed by atoms with van der Waals surface area (Å²) >= 11 is 0. The highest BCUT2D eigenvalue weighted by molar-refractivity contribution is 5.93. The zero-order valence-electron chi connectivity index (χ0n) is 21.6. The van der Waals surface area contributed by atoms with Gasteiger partial charge in [-0.15, -0.1) is 0 Å². The zero-order valence-corrected chi connectivity index (χ0v) is 21.6. The quantitative estimate of drug-likeness (QED) is 0.142. The molecule has 1 amide bonds. The van der Waals surface area contributed by atoms with E-state index in [1.165, 1.54) is 83.5 Å². The van der Waals surface area contributed by atoms with Gasteiger partial charge in [-0.05, 0) is 12.5 Å². The Balaban J connectivity index is 1.53. The number of carbonyl (C=O) groups excluding carboxylic acids is 1. The summed E-state index contributed by atoms with van der Waals surface area (Å²) in [5, 5.41) is 6.56. The van der Waals surface area contributed by atoms with E-state index in [9.17, 15) is 22.4 Å². The van der Waals surface area contributed by atoms with Crippen molar-refractivity contribution >= 4 is 11.6 Å². The van der Waals surface area contributed by atoms with Crippen molar-refractivity contribution in [3.8, 4) is 0 Å². The number of unbranched alkanes of at least 4 members (excludes halogenated alkanes) is 15. The summed E-state index contributed by atoms with van der Waals surface area (Å²) in [7, 11) is 0. The van der Waals surface area contributed by atoms with Gasteiger partial charge in [-0.2, -0.15) is 5.10 Å². The third-order valence-corrected chi connectivity index (χ3v) is 6.47. The Morgan fingerprint density at radius 3 is 1.75 bits per heavy atom. The number of nitrogens with zero attached hydrogens (tertiary/aromatic N) is 3. The zero-order chi connectivity index (χ0) is 26.2. The van der Waals surface area contributed by atoms with Crippen molar-refractivity contribution in [2.45, 2.75) is 123 Å². The molecule has 2 aromatic heterocycles. The van der Waals surface area contributed by atoms with E-state index in [2.05, 4.69) is 22.3 Å². The largest absolute Gasteiger partial charge is 0.351 e. The molecule has 0 saturated carbocycles. The molecule has 204 valence electrons. The number of carbonyl (C=O) groups is 1. The third kappa shape index (κ3) is 10.8. The average Bonchev–Trinajstić information content (AvgIpc) is 3.29. The topological polar surface area (TPSA) is 59.3 Å². The van der Waals surface area contributed by atoms with Gasteiger partial charge in [0.25, 0.3) is 18.8 Å². The highest BCUT2D eigenvalue weighted by atomic mass is 19.3. The number of fused-ring (bicyclic) bond motifs is 1. The summed E-state index contributed by atoms with van der Waals surface area (Å²) in [5.74, 6) is -0.528. The van der Waals surface area contributed by atoms with E-state index >= 15 is 0 Å². The molecule has 2 rings (SSSR count). The molecule has 0 atom stereocenters. The predicted octanol–water partition coefficient (Wildman–Crippen LogP) is 8.60. The SMILES string of the molecule is CCCCCCCCCCCCCCCCCCNC(=O)c1cc2nc(C(F)F)cc(C(F)F)n2n1. The van der Waals surface area contributed by atoms with Crippen LogP contribution in [0.4, 0.5) is 17.6 Å². The summed E-state index contributed by atoms with van der Waals surface area (Å²) in [6, 6.07) is 1.77. The second-order valence-corrected chi connectivity index (χ2v) is 9.57. The second-order valence-electron chi connectivity index (χ2n) is 9.57. The summed E-state index contributed by atoms with van der Waals surface area (Å²) in [4.78, 5) is 16.0. The Bertz CT molecular complexity index is 888. The van der Waals surface area contributed by atoms with Crippen molar-refractivity contribution in [1.29, 1.82) is 0 Å². The van der Waals surface area contributed by atoms with E-state index in [-0.39, 0.29) is 11.3 Å². The highest BCUT2D eigenvalue weighted by Crippen LogP contribution is 2.25. The van der Waals surface area contributed by atoms with E-state index in [0.29, 0.717) is 12.6 Å². The van der Waals surface area contributed by atoms with Gasteiger partial charge in [0.1, 0.15) is 11.4 Å². The summed E-state index contributed by atoms with van der Waals surface area (Å²) in [6.07, 6.45) is 14.2. The van der Waals surface area contributed by atoms with Crippen molar-refractivity contribution in [3.05, 3.63) is 29.2 Å². The van der Waals surface area contributed by atoms with Crippen LogP contribution in [0.1, 0.15) is 144 Å². The first-order valence-electron chi connectivity index (χ1n) is 13.7. The Morgan fingerprint density at radius 1 is 0.778 bits per heavy atom. The maximum atomic E-state index is 13.2. The molecule has 0 unspecified atom stereocenters. The van der Waals surface area contributed by atoms with Gasteiger partial charge in [0.05, 0.1) is 0 Å². The number of hydrogen-bond acceptors (Lipinski definition) is 3. The number of amides is 1. The fraction of sp³-hybridized carbons (Fsp3) is 0.741. The fourth-order valence-corrected chi connectivity index (χ4v) is 4.36. The number of aromatic nitrogens is 3. The molecule has 5 nitrogen and oxygen atoms in total. The van der Waals surface area contributed by atoms with Gasteiger partial charge in [-0.1, -0.05) is 103 Å². The van der Waals surface area contributed by atoms with Gasteiger partial charge in [0.2, 0.25) is 0 Å². The molecule has 0 aliphatic heterocycles. The molecule has 0 radical (unpaired) electrons. The van der Waals surface area contributed by atoms with Crippen LogP contribution in [0.3, 0.4) is 0 Å². The van der Waals surface area contributed by atoms with E-state index in [4.69, 9.17) is 0 Å². The molecular formula is C27H42F4N4O. The van der Waals surface area contributed by atoms with Crippen molar-refractivity contribution < 1.29 is 22.4 Å². The lowest BCUT2D eigenvalue weighted by Crippen LogP contribution is -2.24. The molecule has 36 heavy (non-hydrogen) atoms. The van der Waals surface area contributed by atoms with Gasteiger partial charge in [0, 0.05) is 12.6 Å². The smallest absolute Gasteiger partial charge is 0.280 e. The maximum absolute atomic E-state index is 13.2. The molecule has 0 aromatic carbocycles. The van der Waals surface area contributed by atoms with E-state index in [0.717, 1.165) is 29.8 Å². The van der Waals surface area contributed by atoms with E-state index < -0.39 is 30.1 Å². The summed E-state index contributed by atoms with van der Waals surface area (Å²) < 4.78 is 53.1. The van der Waals surface area contributed by atoms with Crippen LogP contribution in [-0.4, -0.2) is 27.0 Å². The Labute approximate surface area is 212 Å². The highest BCUT2D eigenvalue weighted by Gasteiger charge is 2.21. The molecule has 0 aliphatic rings. The third-order valence-electron chi connectivity index (χ3n) is 6.47. The van der Waals surface area contributed by atoms with Gasteiger partial charge < -0.3 is 5.32 Å². The molecule has 0 aliphatic carbocycles. The molecule has 9 heteroatoms. The number of rotatable bonds is 20. The molecule has 2 aromatic rings. The summed E-state index contributed by atoms with van der Waals surface area (Å²) in [6.45, 7) is 2.70. The monoisotopic (exact) mass is 514 g/mol. The van der Waals surface area contributed by atoms with Crippen molar-refractivity contribution in [1.82, 2.24) is 19.9 Å². The number of alkyl halides is 4. The van der Waals surface area contributed by atoms with Crippen molar-refractivity contribution in [3.63, 3.8) is 0 Å². The van der Waals surface area contributed by atoms with Crippen LogP contribution in [0.25, 0.3) is 5.65 Å². The predicted molar refractivity (Wildman–Crippen MR) is 135 cm³/mol. The lowest BCUT2D eigenvalue weighted by atomic mass is 10.0. The fourth-order valence-electron chi connectivity index (χ4n) is 4.36. The number of nitrogens with one attached hydrogen (secondary N) is 1. The van der Waals surface area contributed by atoms with Crippen LogP contribution in [0.5, 0.6) is 0 Å². The molecule has 0 spiro atoms. The standard InChI is InChI=1S/C27H42F4N4O/c1-2-3-4-5-6-7-8-9-10-11-12-13-14-15-16-17-18-32-27(36)22-20-24-33-21(25(28)29)19-23(26(30)31)35(24)34-22/h19-20,25-26H,2-18H2,1H3,(H,32,36). The molecule has 0 saturated heterocycles. The molecule has 2 heterocycles. The average molecular weight is 515 g/mol. The van der Waals surface area contributed by atoms with Gasteiger partial charge >= 0.3 is 0 Å². The van der Waals surface area contributed by atoms with Crippen LogP contribution in [0.15, 0.2) is 12.1 Å². The summed E-state index contributed by atoms with van der Waals surface area (Å²) in [5.41, 5.74) is -1.80. The van der Waals surface area contributed by atoms with Crippen molar-refractivity contribution in [2.75, 3.05) is 6.54 Å². The number of halogens is 4. The maximum Gasteiger partial charge on any atom is 0.280 e. The molecule has 0 bridgehead atoms. The minimum atomic E-state index is -3.02. The second kappa shape index (κ2) is 17.3. The lowest BCUT2D eigenvalue weighted by molar-refractivity contribution is 0.0946. The van der Waals surface area contributed by atoms with Gasteiger partial charge in [0.15, 0.2) is 11.3 Å². The first kappa shape index (κ1) is 30.0. The first-order chi connectivity index (χ1) is 17.4. The van der Waals surface area contributed by atoms with E-state index in [1.54, 1.807) is 0 Å². The molecule has 0 fully saturated rings. The van der Waals surface area contributed by atoms with Crippen LogP contribution < -0.4 is 5.32 Å². The minimum absolute atomic E-state index is 0.118. The Morgan fingerprint density at radius 2 is 1.28 bits per heavy atom. The normalized spacial score (nSPS) is 11.8. The van der Waals surface area contributed by atoms with Crippen LogP contribution in [0.2, 0.25) is 0 Å². The minimum Gasteiger partial charge on any atom is -0.351 e. The van der Waals surface area contributed by atoms with Crippen LogP contribution in [-0.2, 0) is 0 Å². The molecular weight excluding hydrogens is 472 g/mol. The van der Waals surface area contributed by atoms with Crippen LogP contribution in [0, 0.1) is 0 Å². The first-order valence-corrected chi connectivity index (χ1v) is 13.7. The Kier molecular flexibility index (Phi) is 14.4. The number of hydrogen-bond donors (Lipinski definition) is 1. The van der Waals surface area contributed by atoms with Gasteiger partial charge in [-0.25, -0.2) is 27.1 Å². The Hall–Kier alpha value is -2.19. The van der Waals surface area contributed by atoms with Crippen LogP contribution >= 0.6 is 0 Å². The van der Waals surface area contributed by atoms with Crippen molar-refractivity contribution in [2.24, 2.45) is 0 Å². The van der Waals surface area contributed by atoms with Gasteiger partial charge in [-0.3, -0.25) is 4.79 Å².